The summed E-state index contributed by atoms with van der Waals surface area (Å²) in [6.45, 7) is 5.59. The van der Waals surface area contributed by atoms with Gasteiger partial charge >= 0.3 is 0 Å². The Labute approximate surface area is 133 Å². The highest BCUT2D eigenvalue weighted by Crippen LogP contribution is 2.28. The molecule has 19 heavy (non-hydrogen) atoms. The van der Waals surface area contributed by atoms with Crippen LogP contribution in [0.3, 0.4) is 0 Å². The molecule has 0 spiro atoms. The van der Waals surface area contributed by atoms with Crippen LogP contribution in [0, 0.1) is 5.92 Å². The molecule has 0 atom stereocenters. The lowest BCUT2D eigenvalue weighted by molar-refractivity contribution is 0.353. The highest BCUT2D eigenvalue weighted by Gasteiger charge is 2.41. The van der Waals surface area contributed by atoms with Crippen LogP contribution in [0.4, 0.5) is 0 Å². The second kappa shape index (κ2) is 6.15. The number of hydrogen-bond acceptors (Lipinski definition) is 3. The van der Waals surface area contributed by atoms with Crippen LogP contribution in [0.15, 0.2) is 4.99 Å². The number of nitrogens with one attached hydrogen (secondary N) is 1. The monoisotopic (exact) mass is 401 g/mol. The highest BCUT2D eigenvalue weighted by molar-refractivity contribution is 14.0. The van der Waals surface area contributed by atoms with Crippen molar-refractivity contribution < 1.29 is 8.42 Å². The number of halogens is 1. The number of sulfone groups is 1. The van der Waals surface area contributed by atoms with E-state index >= 15 is 0 Å². The first-order valence-corrected chi connectivity index (χ1v) is 8.19. The first-order chi connectivity index (χ1) is 8.36. The van der Waals surface area contributed by atoms with Gasteiger partial charge in [0.1, 0.15) is 0 Å². The summed E-state index contributed by atoms with van der Waals surface area (Å²) in [6, 6.07) is 0. The van der Waals surface area contributed by atoms with Crippen LogP contribution in [-0.2, 0) is 9.84 Å². The van der Waals surface area contributed by atoms with Crippen molar-refractivity contribution in [2.24, 2.45) is 10.9 Å². The summed E-state index contributed by atoms with van der Waals surface area (Å²) in [4.78, 5) is 6.32. The van der Waals surface area contributed by atoms with Crippen molar-refractivity contribution in [3.05, 3.63) is 0 Å². The van der Waals surface area contributed by atoms with Crippen LogP contribution in [-0.4, -0.2) is 56.5 Å². The van der Waals surface area contributed by atoms with E-state index in [4.69, 9.17) is 0 Å². The molecule has 1 aliphatic heterocycles. The quantitative estimate of drug-likeness (QED) is 0.428. The Balaban J connectivity index is 0.00000180. The van der Waals surface area contributed by atoms with Crippen molar-refractivity contribution in [2.45, 2.75) is 31.4 Å². The van der Waals surface area contributed by atoms with Crippen molar-refractivity contribution in [1.82, 2.24) is 10.2 Å². The van der Waals surface area contributed by atoms with Gasteiger partial charge in [0.15, 0.2) is 15.8 Å². The minimum Gasteiger partial charge on any atom is -0.356 e. The fourth-order valence-electron chi connectivity index (χ4n) is 2.21. The van der Waals surface area contributed by atoms with E-state index in [1.807, 2.05) is 0 Å². The molecule has 1 saturated heterocycles. The summed E-state index contributed by atoms with van der Waals surface area (Å²) in [5.74, 6) is 1.83. The molecule has 0 bridgehead atoms. The first-order valence-electron chi connectivity index (χ1n) is 6.53. The lowest BCUT2D eigenvalue weighted by Crippen LogP contribution is -2.57. The van der Waals surface area contributed by atoms with E-state index in [-0.39, 0.29) is 29.7 Å². The lowest BCUT2D eigenvalue weighted by Gasteiger charge is -2.39. The summed E-state index contributed by atoms with van der Waals surface area (Å²) in [5.41, 5.74) is 0. The zero-order valence-corrected chi connectivity index (χ0v) is 15.0. The Morgan fingerprint density at radius 3 is 2.53 bits per heavy atom. The van der Waals surface area contributed by atoms with Crippen LogP contribution in [0.25, 0.3) is 0 Å². The van der Waals surface area contributed by atoms with Crippen molar-refractivity contribution in [2.75, 3.05) is 32.4 Å². The maximum absolute atomic E-state index is 11.9. The number of rotatable bonds is 2. The van der Waals surface area contributed by atoms with Gasteiger partial charge in [-0.25, -0.2) is 8.42 Å². The van der Waals surface area contributed by atoms with Crippen molar-refractivity contribution in [3.8, 4) is 0 Å². The molecule has 2 rings (SSSR count). The molecule has 7 heteroatoms. The van der Waals surface area contributed by atoms with Crippen molar-refractivity contribution in [3.63, 3.8) is 0 Å². The third kappa shape index (κ3) is 3.96. The fraction of sp³-hybridized carbons (Fsp3) is 0.917. The number of nitrogens with zero attached hydrogens (tertiary/aromatic N) is 2. The maximum Gasteiger partial charge on any atom is 0.193 e. The normalized spacial score (nSPS) is 25.6. The van der Waals surface area contributed by atoms with Crippen LogP contribution in [0.1, 0.15) is 26.7 Å². The summed E-state index contributed by atoms with van der Waals surface area (Å²) < 4.78 is 23.2. The van der Waals surface area contributed by atoms with E-state index in [1.54, 1.807) is 20.9 Å². The molecule has 1 saturated carbocycles. The Hall–Kier alpha value is -0.0500. The van der Waals surface area contributed by atoms with Crippen LogP contribution in [0.5, 0.6) is 0 Å². The van der Waals surface area contributed by atoms with Gasteiger partial charge in [0, 0.05) is 26.7 Å². The van der Waals surface area contributed by atoms with E-state index in [2.05, 4.69) is 15.2 Å². The molecule has 0 aromatic heterocycles. The Morgan fingerprint density at radius 2 is 2.05 bits per heavy atom. The minimum absolute atomic E-state index is 0. The molecular formula is C12H24IN3O2S. The molecule has 1 heterocycles. The fourth-order valence-corrected chi connectivity index (χ4v) is 3.58. The number of hydrogen-bond donors (Lipinski definition) is 1. The van der Waals surface area contributed by atoms with E-state index in [0.717, 1.165) is 18.4 Å². The van der Waals surface area contributed by atoms with Gasteiger partial charge in [-0.1, -0.05) is 0 Å². The summed E-state index contributed by atoms with van der Waals surface area (Å²) >= 11 is 0. The van der Waals surface area contributed by atoms with E-state index in [9.17, 15) is 8.42 Å². The Morgan fingerprint density at radius 1 is 1.42 bits per heavy atom. The third-order valence-electron chi connectivity index (χ3n) is 3.80. The zero-order valence-electron chi connectivity index (χ0n) is 11.8. The van der Waals surface area contributed by atoms with Crippen LogP contribution in [0.2, 0.25) is 0 Å². The summed E-state index contributed by atoms with van der Waals surface area (Å²) in [5, 5.41) is 3.35. The Kier molecular flexibility index (Phi) is 5.51. The van der Waals surface area contributed by atoms with Gasteiger partial charge < -0.3 is 10.2 Å². The molecule has 0 amide bonds. The molecule has 0 radical (unpaired) electrons. The standard InChI is InChI=1S/C12H23N3O2S.HI/c1-12(2)9-15(6-7-18(12,16)17)11(13-3)14-8-10-4-5-10;/h10H,4-9H2,1-3H3,(H,13,14);1H. The topological polar surface area (TPSA) is 61.8 Å². The van der Waals surface area contributed by atoms with Gasteiger partial charge in [0.25, 0.3) is 0 Å². The summed E-state index contributed by atoms with van der Waals surface area (Å²) in [6.07, 6.45) is 2.59. The third-order valence-corrected chi connectivity index (χ3v) is 6.33. The van der Waals surface area contributed by atoms with Crippen LogP contribution >= 0.6 is 24.0 Å². The molecule has 2 fully saturated rings. The van der Waals surface area contributed by atoms with Gasteiger partial charge in [-0.2, -0.15) is 0 Å². The van der Waals surface area contributed by atoms with Gasteiger partial charge in [0.05, 0.1) is 10.5 Å². The highest BCUT2D eigenvalue weighted by atomic mass is 127. The van der Waals surface area contributed by atoms with Crippen molar-refractivity contribution >= 4 is 39.8 Å². The Bertz CT molecular complexity index is 444. The van der Waals surface area contributed by atoms with E-state index in [0.29, 0.717) is 13.1 Å². The van der Waals surface area contributed by atoms with Gasteiger partial charge in [0.2, 0.25) is 0 Å². The van der Waals surface area contributed by atoms with Gasteiger partial charge in [-0.05, 0) is 32.6 Å². The predicted molar refractivity (Wildman–Crippen MR) is 88.9 cm³/mol. The molecule has 1 N–H and O–H groups in total. The van der Waals surface area contributed by atoms with Gasteiger partial charge in [-0.3, -0.25) is 4.99 Å². The maximum atomic E-state index is 11.9. The average molecular weight is 401 g/mol. The first kappa shape index (κ1) is 17.0. The zero-order chi connectivity index (χ0) is 13.4. The average Bonchev–Trinajstić information content (AvgIpc) is 3.08. The number of guanidine groups is 1. The van der Waals surface area contributed by atoms with E-state index in [1.165, 1.54) is 12.8 Å². The number of aliphatic imine (C=N–C) groups is 1. The second-order valence-electron chi connectivity index (χ2n) is 5.87. The molecular weight excluding hydrogens is 377 g/mol. The molecule has 5 nitrogen and oxygen atoms in total. The van der Waals surface area contributed by atoms with E-state index < -0.39 is 14.6 Å². The molecule has 1 aliphatic carbocycles. The minimum atomic E-state index is -2.98. The molecule has 0 aromatic rings. The molecule has 112 valence electrons. The molecule has 2 aliphatic rings. The smallest absolute Gasteiger partial charge is 0.193 e. The molecule has 0 aromatic carbocycles. The van der Waals surface area contributed by atoms with Crippen molar-refractivity contribution in [1.29, 1.82) is 0 Å². The predicted octanol–water partition coefficient (Wildman–Crippen LogP) is 1.10. The summed E-state index contributed by atoms with van der Waals surface area (Å²) in [7, 11) is -1.22. The molecule has 0 unspecified atom stereocenters. The van der Waals surface area contributed by atoms with Gasteiger partial charge in [-0.15, -0.1) is 24.0 Å². The van der Waals surface area contributed by atoms with Crippen LogP contribution < -0.4 is 5.32 Å². The largest absolute Gasteiger partial charge is 0.356 e. The lowest BCUT2D eigenvalue weighted by atomic mass is 10.2. The SMILES string of the molecule is CN=C(NCC1CC1)N1CCS(=O)(=O)C(C)(C)C1.I. The second-order valence-corrected chi connectivity index (χ2v) is 8.61.